The van der Waals surface area contributed by atoms with Crippen molar-refractivity contribution in [3.05, 3.63) is 5.69 Å². The van der Waals surface area contributed by atoms with Crippen molar-refractivity contribution in [3.8, 4) is 0 Å². The zero-order valence-corrected chi connectivity index (χ0v) is 10.6. The molecule has 0 radical (unpaired) electrons. The zero-order valence-electron chi connectivity index (χ0n) is 10.6. The SMILES string of the molecule is CCc1nn(C)c(NC2CCCC2CO)c1N. The summed E-state index contributed by atoms with van der Waals surface area (Å²) in [6, 6.07) is 0.322. The van der Waals surface area contributed by atoms with Gasteiger partial charge in [-0.25, -0.2) is 0 Å². The maximum absolute atomic E-state index is 9.31. The van der Waals surface area contributed by atoms with Crippen LogP contribution in [0.2, 0.25) is 0 Å². The third-order valence-corrected chi connectivity index (χ3v) is 3.71. The van der Waals surface area contributed by atoms with E-state index in [1.54, 1.807) is 4.68 Å². The van der Waals surface area contributed by atoms with Crippen LogP contribution in [-0.2, 0) is 13.5 Å². The summed E-state index contributed by atoms with van der Waals surface area (Å²) in [6.07, 6.45) is 4.20. The number of nitrogens with two attached hydrogens (primary N) is 1. The summed E-state index contributed by atoms with van der Waals surface area (Å²) >= 11 is 0. The number of hydrogen-bond acceptors (Lipinski definition) is 4. The smallest absolute Gasteiger partial charge is 0.148 e. The van der Waals surface area contributed by atoms with Gasteiger partial charge in [0.1, 0.15) is 5.82 Å². The highest BCUT2D eigenvalue weighted by atomic mass is 16.3. The normalized spacial score (nSPS) is 24.2. The number of nitrogen functional groups attached to an aromatic ring is 1. The summed E-state index contributed by atoms with van der Waals surface area (Å²) in [5.41, 5.74) is 7.76. The molecular weight excluding hydrogens is 216 g/mol. The van der Waals surface area contributed by atoms with E-state index in [-0.39, 0.29) is 6.61 Å². The van der Waals surface area contributed by atoms with E-state index >= 15 is 0 Å². The van der Waals surface area contributed by atoms with Crippen molar-refractivity contribution in [1.29, 1.82) is 0 Å². The van der Waals surface area contributed by atoms with Crippen LogP contribution in [0.1, 0.15) is 31.9 Å². The molecule has 1 aromatic heterocycles. The Morgan fingerprint density at radius 2 is 2.29 bits per heavy atom. The van der Waals surface area contributed by atoms with Gasteiger partial charge in [-0.3, -0.25) is 4.68 Å². The molecule has 5 nitrogen and oxygen atoms in total. The number of rotatable bonds is 4. The van der Waals surface area contributed by atoms with Gasteiger partial charge in [-0.15, -0.1) is 0 Å². The first-order chi connectivity index (χ1) is 8.17. The van der Waals surface area contributed by atoms with Crippen LogP contribution in [0.15, 0.2) is 0 Å². The van der Waals surface area contributed by atoms with Crippen LogP contribution < -0.4 is 11.1 Å². The Labute approximate surface area is 102 Å². The van der Waals surface area contributed by atoms with E-state index in [4.69, 9.17) is 5.73 Å². The van der Waals surface area contributed by atoms with Gasteiger partial charge in [-0.05, 0) is 19.3 Å². The van der Waals surface area contributed by atoms with Crippen molar-refractivity contribution in [2.45, 2.75) is 38.6 Å². The predicted octanol–water partition coefficient (Wildman–Crippen LogP) is 1.14. The van der Waals surface area contributed by atoms with Gasteiger partial charge in [0.2, 0.25) is 0 Å². The summed E-state index contributed by atoms with van der Waals surface area (Å²) in [6.45, 7) is 2.30. The molecule has 1 fully saturated rings. The number of nitrogens with zero attached hydrogens (tertiary/aromatic N) is 2. The Bertz CT molecular complexity index is 388. The van der Waals surface area contributed by atoms with Crippen molar-refractivity contribution < 1.29 is 5.11 Å². The predicted molar refractivity (Wildman–Crippen MR) is 68.8 cm³/mol. The average molecular weight is 238 g/mol. The molecule has 96 valence electrons. The molecule has 1 aromatic rings. The number of nitrogens with one attached hydrogen (secondary N) is 1. The molecule has 0 amide bonds. The minimum Gasteiger partial charge on any atom is -0.396 e. The molecule has 0 saturated heterocycles. The maximum Gasteiger partial charge on any atom is 0.148 e. The third kappa shape index (κ3) is 2.24. The van der Waals surface area contributed by atoms with Gasteiger partial charge < -0.3 is 16.2 Å². The van der Waals surface area contributed by atoms with E-state index in [9.17, 15) is 5.11 Å². The molecule has 2 rings (SSSR count). The number of aliphatic hydroxyl groups is 1. The van der Waals surface area contributed by atoms with Crippen molar-refractivity contribution in [2.75, 3.05) is 17.7 Å². The Balaban J connectivity index is 2.15. The molecule has 17 heavy (non-hydrogen) atoms. The summed E-state index contributed by atoms with van der Waals surface area (Å²) in [4.78, 5) is 0. The van der Waals surface area contributed by atoms with Crippen LogP contribution in [-0.4, -0.2) is 27.5 Å². The van der Waals surface area contributed by atoms with E-state index in [2.05, 4.69) is 17.3 Å². The lowest BCUT2D eigenvalue weighted by Crippen LogP contribution is -2.27. The molecule has 0 spiro atoms. The van der Waals surface area contributed by atoms with Crippen LogP contribution in [0, 0.1) is 5.92 Å². The second-order valence-corrected chi connectivity index (χ2v) is 4.81. The fraction of sp³-hybridized carbons (Fsp3) is 0.750. The van der Waals surface area contributed by atoms with Crippen LogP contribution in [0.4, 0.5) is 11.5 Å². The lowest BCUT2D eigenvalue weighted by atomic mass is 10.1. The summed E-state index contributed by atoms with van der Waals surface area (Å²) in [7, 11) is 1.90. The maximum atomic E-state index is 9.31. The summed E-state index contributed by atoms with van der Waals surface area (Å²) in [5.74, 6) is 1.24. The highest BCUT2D eigenvalue weighted by Crippen LogP contribution is 2.31. The van der Waals surface area contributed by atoms with Crippen LogP contribution >= 0.6 is 0 Å². The van der Waals surface area contributed by atoms with Crippen LogP contribution in [0.25, 0.3) is 0 Å². The first-order valence-electron chi connectivity index (χ1n) is 6.36. The molecule has 4 N–H and O–H groups in total. The van der Waals surface area contributed by atoms with Gasteiger partial charge in [0, 0.05) is 25.6 Å². The number of aromatic nitrogens is 2. The van der Waals surface area contributed by atoms with Gasteiger partial charge in [-0.2, -0.15) is 5.10 Å². The summed E-state index contributed by atoms with van der Waals surface area (Å²) in [5, 5.41) is 17.1. The molecule has 5 heteroatoms. The highest BCUT2D eigenvalue weighted by molar-refractivity contribution is 5.65. The molecule has 2 atom stereocenters. The standard InChI is InChI=1S/C12H22N4O/c1-3-9-11(13)12(16(2)15-9)14-10-6-4-5-8(10)7-17/h8,10,14,17H,3-7,13H2,1-2H3. The minimum atomic E-state index is 0.246. The first-order valence-corrected chi connectivity index (χ1v) is 6.36. The van der Waals surface area contributed by atoms with Gasteiger partial charge in [0.15, 0.2) is 0 Å². The topological polar surface area (TPSA) is 76.1 Å². The molecule has 0 aromatic carbocycles. The molecule has 1 aliphatic carbocycles. The number of anilines is 2. The third-order valence-electron chi connectivity index (χ3n) is 3.71. The lowest BCUT2D eigenvalue weighted by Gasteiger charge is -2.20. The van der Waals surface area contributed by atoms with Gasteiger partial charge in [-0.1, -0.05) is 13.3 Å². The Morgan fingerprint density at radius 1 is 1.53 bits per heavy atom. The van der Waals surface area contributed by atoms with Crippen LogP contribution in [0.5, 0.6) is 0 Å². The fourth-order valence-corrected chi connectivity index (χ4v) is 2.65. The summed E-state index contributed by atoms with van der Waals surface area (Å²) < 4.78 is 1.81. The molecule has 1 saturated carbocycles. The largest absolute Gasteiger partial charge is 0.396 e. The zero-order chi connectivity index (χ0) is 12.4. The quantitative estimate of drug-likeness (QED) is 0.735. The number of aliphatic hydroxyl groups excluding tert-OH is 1. The van der Waals surface area contributed by atoms with E-state index in [1.165, 1.54) is 6.42 Å². The van der Waals surface area contributed by atoms with Crippen LogP contribution in [0.3, 0.4) is 0 Å². The molecule has 2 unspecified atom stereocenters. The van der Waals surface area contributed by atoms with E-state index in [0.29, 0.717) is 12.0 Å². The van der Waals surface area contributed by atoms with Gasteiger partial charge >= 0.3 is 0 Å². The van der Waals surface area contributed by atoms with Gasteiger partial charge in [0.25, 0.3) is 0 Å². The number of hydrogen-bond donors (Lipinski definition) is 3. The van der Waals surface area contributed by atoms with E-state index in [0.717, 1.165) is 36.5 Å². The van der Waals surface area contributed by atoms with Crippen molar-refractivity contribution in [1.82, 2.24) is 9.78 Å². The molecule has 1 heterocycles. The Kier molecular flexibility index (Phi) is 3.57. The lowest BCUT2D eigenvalue weighted by molar-refractivity contribution is 0.222. The molecule has 0 bridgehead atoms. The molecule has 0 aliphatic heterocycles. The molecule has 1 aliphatic rings. The number of aryl methyl sites for hydroxylation is 2. The monoisotopic (exact) mass is 238 g/mol. The first kappa shape index (κ1) is 12.2. The van der Waals surface area contributed by atoms with Gasteiger partial charge in [0.05, 0.1) is 11.4 Å². The fourth-order valence-electron chi connectivity index (χ4n) is 2.65. The molecular formula is C12H22N4O. The second-order valence-electron chi connectivity index (χ2n) is 4.81. The van der Waals surface area contributed by atoms with E-state index < -0.39 is 0 Å². The second kappa shape index (κ2) is 4.96. The van der Waals surface area contributed by atoms with Crippen molar-refractivity contribution in [3.63, 3.8) is 0 Å². The minimum absolute atomic E-state index is 0.246. The van der Waals surface area contributed by atoms with Crippen molar-refractivity contribution in [2.24, 2.45) is 13.0 Å². The van der Waals surface area contributed by atoms with E-state index in [1.807, 2.05) is 7.05 Å². The average Bonchev–Trinajstić information content (AvgIpc) is 2.88. The highest BCUT2D eigenvalue weighted by Gasteiger charge is 2.28. The Hall–Kier alpha value is -1.23. The Morgan fingerprint density at radius 3 is 2.88 bits per heavy atom. The van der Waals surface area contributed by atoms with Crippen molar-refractivity contribution >= 4 is 11.5 Å².